The van der Waals surface area contributed by atoms with E-state index in [0.29, 0.717) is 26.0 Å². The number of carbonyl (C=O) groups excluding carboxylic acids is 1. The monoisotopic (exact) mass is 408 g/mol. The molecule has 0 aliphatic heterocycles. The molecule has 1 amide bonds. The van der Waals surface area contributed by atoms with Crippen LogP contribution in [0, 0.1) is 0 Å². The molecule has 0 radical (unpaired) electrons. The Bertz CT molecular complexity index is 947. The van der Waals surface area contributed by atoms with Crippen molar-refractivity contribution in [2.45, 2.75) is 32.7 Å². The summed E-state index contributed by atoms with van der Waals surface area (Å²) in [5.74, 6) is 1.88. The summed E-state index contributed by atoms with van der Waals surface area (Å²) in [5, 5.41) is 3.03. The molecule has 3 aromatic rings. The van der Waals surface area contributed by atoms with E-state index in [2.05, 4.69) is 41.0 Å². The summed E-state index contributed by atoms with van der Waals surface area (Å²) in [4.78, 5) is 19.3. The summed E-state index contributed by atoms with van der Waals surface area (Å²) < 4.78 is 7.73. The summed E-state index contributed by atoms with van der Waals surface area (Å²) >= 11 is 0. The number of amides is 1. The Balaban J connectivity index is 1.56. The van der Waals surface area contributed by atoms with Crippen LogP contribution in [0.15, 0.2) is 48.5 Å². The van der Waals surface area contributed by atoms with Gasteiger partial charge < -0.3 is 19.5 Å². The Morgan fingerprint density at radius 2 is 1.90 bits per heavy atom. The molecule has 1 N–H and O–H groups in total. The fraction of sp³-hybridized carbons (Fsp3) is 0.417. The number of nitrogens with zero attached hydrogens (tertiary/aromatic N) is 3. The first-order valence-corrected chi connectivity index (χ1v) is 10.6. The lowest BCUT2D eigenvalue weighted by atomic mass is 10.1. The van der Waals surface area contributed by atoms with Gasteiger partial charge in [0.25, 0.3) is 0 Å². The summed E-state index contributed by atoms with van der Waals surface area (Å²) in [6.07, 6.45) is 2.14. The number of hydrogen-bond donors (Lipinski definition) is 1. The Morgan fingerprint density at radius 3 is 2.63 bits per heavy atom. The lowest BCUT2D eigenvalue weighted by Gasteiger charge is -2.13. The average molecular weight is 409 g/mol. The van der Waals surface area contributed by atoms with Gasteiger partial charge in [-0.3, -0.25) is 4.79 Å². The van der Waals surface area contributed by atoms with Crippen molar-refractivity contribution in [1.29, 1.82) is 0 Å². The predicted octanol–water partition coefficient (Wildman–Crippen LogP) is 3.29. The van der Waals surface area contributed by atoms with Crippen molar-refractivity contribution in [2.75, 3.05) is 33.8 Å². The van der Waals surface area contributed by atoms with Crippen LogP contribution in [0.25, 0.3) is 11.0 Å². The number of aromatic nitrogens is 2. The van der Waals surface area contributed by atoms with E-state index in [9.17, 15) is 4.79 Å². The van der Waals surface area contributed by atoms with Crippen LogP contribution in [0.4, 0.5) is 0 Å². The number of ether oxygens (including phenoxy) is 1. The number of nitrogens with one attached hydrogen (secondary N) is 1. The van der Waals surface area contributed by atoms with Crippen LogP contribution in [0.5, 0.6) is 5.75 Å². The smallest absolute Gasteiger partial charge is 0.224 e. The van der Waals surface area contributed by atoms with E-state index in [1.165, 1.54) is 0 Å². The van der Waals surface area contributed by atoms with Crippen molar-refractivity contribution in [2.24, 2.45) is 0 Å². The van der Waals surface area contributed by atoms with E-state index in [1.807, 2.05) is 43.3 Å². The van der Waals surface area contributed by atoms with Gasteiger partial charge in [0.05, 0.1) is 24.1 Å². The van der Waals surface area contributed by atoms with Crippen molar-refractivity contribution >= 4 is 16.9 Å². The molecule has 0 spiro atoms. The van der Waals surface area contributed by atoms with Gasteiger partial charge in [-0.25, -0.2) is 4.98 Å². The molecule has 30 heavy (non-hydrogen) atoms. The van der Waals surface area contributed by atoms with E-state index >= 15 is 0 Å². The van der Waals surface area contributed by atoms with Crippen molar-refractivity contribution in [3.8, 4) is 5.75 Å². The van der Waals surface area contributed by atoms with Gasteiger partial charge >= 0.3 is 0 Å². The molecule has 0 fully saturated rings. The van der Waals surface area contributed by atoms with Gasteiger partial charge in [-0.1, -0.05) is 24.3 Å². The number of fused-ring (bicyclic) bond motifs is 1. The third kappa shape index (κ3) is 6.07. The Labute approximate surface area is 178 Å². The van der Waals surface area contributed by atoms with Crippen molar-refractivity contribution in [1.82, 2.24) is 19.8 Å². The minimum atomic E-state index is 0.0226. The van der Waals surface area contributed by atoms with Crippen LogP contribution in [-0.2, 0) is 24.2 Å². The number of benzene rings is 2. The predicted molar refractivity (Wildman–Crippen MR) is 121 cm³/mol. The van der Waals surface area contributed by atoms with Gasteiger partial charge in [0.1, 0.15) is 11.6 Å². The van der Waals surface area contributed by atoms with Gasteiger partial charge in [-0.15, -0.1) is 0 Å². The summed E-state index contributed by atoms with van der Waals surface area (Å²) in [7, 11) is 4.18. The van der Waals surface area contributed by atoms with Crippen LogP contribution in [-0.4, -0.2) is 54.1 Å². The molecule has 0 unspecified atom stereocenters. The van der Waals surface area contributed by atoms with Crippen LogP contribution < -0.4 is 10.1 Å². The highest BCUT2D eigenvalue weighted by Gasteiger charge is 2.11. The Morgan fingerprint density at radius 1 is 1.13 bits per heavy atom. The van der Waals surface area contributed by atoms with Crippen LogP contribution in [0.1, 0.15) is 24.7 Å². The quantitative estimate of drug-likeness (QED) is 0.529. The van der Waals surface area contributed by atoms with E-state index in [4.69, 9.17) is 9.72 Å². The Kier molecular flexibility index (Phi) is 7.85. The minimum absolute atomic E-state index is 0.0226. The molecule has 1 heterocycles. The van der Waals surface area contributed by atoms with Crippen molar-refractivity contribution in [3.63, 3.8) is 0 Å². The van der Waals surface area contributed by atoms with Crippen LogP contribution in [0.3, 0.4) is 0 Å². The lowest BCUT2D eigenvalue weighted by Crippen LogP contribution is -2.28. The van der Waals surface area contributed by atoms with Gasteiger partial charge in [-0.05, 0) is 63.8 Å². The first-order chi connectivity index (χ1) is 14.6. The lowest BCUT2D eigenvalue weighted by molar-refractivity contribution is -0.120. The molecule has 3 rings (SSSR count). The van der Waals surface area contributed by atoms with E-state index in [1.54, 1.807) is 0 Å². The maximum atomic E-state index is 12.3. The first-order valence-electron chi connectivity index (χ1n) is 10.6. The molecule has 0 bridgehead atoms. The highest BCUT2D eigenvalue weighted by molar-refractivity contribution is 5.78. The number of carbonyl (C=O) groups is 1. The largest absolute Gasteiger partial charge is 0.494 e. The molecule has 6 nitrogen and oxygen atoms in total. The second kappa shape index (κ2) is 10.8. The molecular weight excluding hydrogens is 376 g/mol. The maximum Gasteiger partial charge on any atom is 0.224 e. The van der Waals surface area contributed by atoms with E-state index < -0.39 is 0 Å². The average Bonchev–Trinajstić information content (AvgIpc) is 3.07. The molecule has 1 aromatic heterocycles. The first kappa shape index (κ1) is 21.8. The van der Waals surface area contributed by atoms with Crippen molar-refractivity contribution < 1.29 is 9.53 Å². The zero-order valence-electron chi connectivity index (χ0n) is 18.2. The summed E-state index contributed by atoms with van der Waals surface area (Å²) in [6.45, 7) is 5.13. The Hall–Kier alpha value is -2.86. The molecular formula is C24H32N4O2. The third-order valence-corrected chi connectivity index (χ3v) is 4.99. The fourth-order valence-electron chi connectivity index (χ4n) is 3.54. The normalized spacial score (nSPS) is 11.2. The summed E-state index contributed by atoms with van der Waals surface area (Å²) in [6, 6.07) is 15.9. The fourth-order valence-corrected chi connectivity index (χ4v) is 3.54. The number of para-hydroxylation sites is 2. The maximum absolute atomic E-state index is 12.3. The second-order valence-electron chi connectivity index (χ2n) is 7.68. The number of imidazole rings is 1. The zero-order chi connectivity index (χ0) is 21.3. The van der Waals surface area contributed by atoms with Crippen molar-refractivity contribution in [3.05, 3.63) is 59.9 Å². The molecule has 6 heteroatoms. The van der Waals surface area contributed by atoms with Gasteiger partial charge in [0.15, 0.2) is 0 Å². The topological polar surface area (TPSA) is 59.4 Å². The van der Waals surface area contributed by atoms with Crippen LogP contribution >= 0.6 is 0 Å². The SMILES string of the molecule is CCOc1ccc(CC(=O)NCCc2nc3ccccc3n2CCCN(C)C)cc1. The zero-order valence-corrected chi connectivity index (χ0v) is 18.2. The van der Waals surface area contributed by atoms with E-state index in [0.717, 1.165) is 47.7 Å². The van der Waals surface area contributed by atoms with E-state index in [-0.39, 0.29) is 5.91 Å². The molecule has 2 aromatic carbocycles. The molecule has 0 aliphatic rings. The number of rotatable bonds is 11. The molecule has 0 saturated carbocycles. The minimum Gasteiger partial charge on any atom is -0.494 e. The molecule has 160 valence electrons. The molecule has 0 atom stereocenters. The number of hydrogen-bond acceptors (Lipinski definition) is 4. The third-order valence-electron chi connectivity index (χ3n) is 4.99. The van der Waals surface area contributed by atoms with Gasteiger partial charge in [-0.2, -0.15) is 0 Å². The second-order valence-corrected chi connectivity index (χ2v) is 7.68. The molecule has 0 saturated heterocycles. The number of aryl methyl sites for hydroxylation is 1. The highest BCUT2D eigenvalue weighted by Crippen LogP contribution is 2.17. The standard InChI is InChI=1S/C24H32N4O2/c1-4-30-20-12-10-19(11-13-20)18-24(29)25-15-14-23-26-21-8-5-6-9-22(21)28(23)17-7-16-27(2)3/h5-6,8-13H,4,7,14-18H2,1-3H3,(H,25,29). The highest BCUT2D eigenvalue weighted by atomic mass is 16.5. The van der Waals surface area contributed by atoms with Crippen LogP contribution in [0.2, 0.25) is 0 Å². The molecule has 0 aliphatic carbocycles. The summed E-state index contributed by atoms with van der Waals surface area (Å²) in [5.41, 5.74) is 3.15. The van der Waals surface area contributed by atoms with Gasteiger partial charge in [0.2, 0.25) is 5.91 Å². The van der Waals surface area contributed by atoms with Gasteiger partial charge in [0, 0.05) is 19.5 Å².